The maximum Gasteiger partial charge on any atom is 0.490 e. The highest BCUT2D eigenvalue weighted by molar-refractivity contribution is 7.92. The van der Waals surface area contributed by atoms with Crippen LogP contribution in [0.15, 0.2) is 42.6 Å². The topological polar surface area (TPSA) is 132 Å². The molecule has 1 aliphatic heterocycles. The van der Waals surface area contributed by atoms with E-state index in [1.807, 2.05) is 35.2 Å². The van der Waals surface area contributed by atoms with E-state index in [9.17, 15) is 26.4 Å². The van der Waals surface area contributed by atoms with Gasteiger partial charge in [0.1, 0.15) is 5.82 Å². The number of carbonyl (C=O) groups excluding carboxylic acids is 1. The van der Waals surface area contributed by atoms with E-state index >= 15 is 0 Å². The predicted molar refractivity (Wildman–Crippen MR) is 124 cm³/mol. The average Bonchev–Trinajstić information content (AvgIpc) is 2.78. The molecule has 1 amide bonds. The summed E-state index contributed by atoms with van der Waals surface area (Å²) in [6.45, 7) is 3.52. The number of anilines is 2. The Labute approximate surface area is 200 Å². The van der Waals surface area contributed by atoms with Gasteiger partial charge in [0.2, 0.25) is 10.0 Å². The first-order valence-corrected chi connectivity index (χ1v) is 12.2. The number of rotatable bonds is 6. The molecule has 2 aromatic rings. The van der Waals surface area contributed by atoms with Gasteiger partial charge < -0.3 is 20.2 Å². The highest BCUT2D eigenvalue weighted by Gasteiger charge is 2.38. The van der Waals surface area contributed by atoms with Crippen LogP contribution in [0.4, 0.5) is 24.7 Å². The fraction of sp³-hybridized carbons (Fsp3) is 0.381. The van der Waals surface area contributed by atoms with E-state index in [0.29, 0.717) is 17.9 Å². The molecule has 0 atom stereocenters. The van der Waals surface area contributed by atoms with Gasteiger partial charge in [0, 0.05) is 39.8 Å². The largest absolute Gasteiger partial charge is 0.490 e. The van der Waals surface area contributed by atoms with Crippen molar-refractivity contribution in [3.63, 3.8) is 0 Å². The van der Waals surface area contributed by atoms with Crippen molar-refractivity contribution in [3.05, 3.63) is 53.7 Å². The molecule has 192 valence electrons. The third-order valence-electron chi connectivity index (χ3n) is 4.67. The minimum absolute atomic E-state index is 0.206. The lowest BCUT2D eigenvalue weighted by molar-refractivity contribution is -0.192. The predicted octanol–water partition coefficient (Wildman–Crippen LogP) is 1.77. The Morgan fingerprint density at radius 2 is 1.77 bits per heavy atom. The van der Waals surface area contributed by atoms with Crippen LogP contribution in [0.5, 0.6) is 0 Å². The molecule has 3 rings (SSSR count). The molecular weight excluding hydrogens is 491 g/mol. The Bertz CT molecular complexity index is 1120. The first-order valence-electron chi connectivity index (χ1n) is 10.3. The molecule has 3 N–H and O–H groups in total. The molecule has 1 aromatic heterocycles. The number of pyridine rings is 1. The van der Waals surface area contributed by atoms with E-state index in [0.717, 1.165) is 38.0 Å². The SMILES string of the molecule is CN(Cc1ccccc1)C(=O)c1cc(NS(C)(=O)=O)cnc1N1CCNCC1.O=C(O)C(F)(F)F. The van der Waals surface area contributed by atoms with Crippen molar-refractivity contribution >= 4 is 33.4 Å². The van der Waals surface area contributed by atoms with Crippen LogP contribution in [0.25, 0.3) is 0 Å². The lowest BCUT2D eigenvalue weighted by atomic mass is 10.1. The van der Waals surface area contributed by atoms with Crippen LogP contribution in [0.3, 0.4) is 0 Å². The maximum absolute atomic E-state index is 13.2. The fourth-order valence-electron chi connectivity index (χ4n) is 3.15. The van der Waals surface area contributed by atoms with Gasteiger partial charge in [0.25, 0.3) is 5.91 Å². The second-order valence-corrected chi connectivity index (χ2v) is 9.40. The lowest BCUT2D eigenvalue weighted by Crippen LogP contribution is -2.44. The first-order chi connectivity index (χ1) is 16.3. The van der Waals surface area contributed by atoms with Gasteiger partial charge in [-0.2, -0.15) is 13.2 Å². The highest BCUT2D eigenvalue weighted by Crippen LogP contribution is 2.24. The number of hydrogen-bond acceptors (Lipinski definition) is 7. The quantitative estimate of drug-likeness (QED) is 0.528. The standard InChI is InChI=1S/C19H25N5O3S.C2HF3O2/c1-23(14-15-6-4-3-5-7-15)19(25)17-12-16(22-28(2,26)27)13-21-18(17)24-10-8-20-9-11-24;3-2(4,5)1(6)7/h3-7,12-13,20,22H,8-11,14H2,1-2H3;(H,6,7). The summed E-state index contributed by atoms with van der Waals surface area (Å²) >= 11 is 0. The zero-order valence-electron chi connectivity index (χ0n) is 19.0. The molecular formula is C21H26F3N5O5S. The molecule has 2 heterocycles. The number of piperazine rings is 1. The van der Waals surface area contributed by atoms with Crippen molar-refractivity contribution in [2.45, 2.75) is 12.7 Å². The molecule has 1 aromatic carbocycles. The molecule has 0 aliphatic carbocycles. The number of nitrogens with one attached hydrogen (secondary N) is 2. The molecule has 10 nitrogen and oxygen atoms in total. The Kier molecular flexibility index (Phi) is 9.42. The number of carboxylic acids is 1. The molecule has 1 aliphatic rings. The number of carbonyl (C=O) groups is 2. The summed E-state index contributed by atoms with van der Waals surface area (Å²) in [6, 6.07) is 11.3. The molecule has 14 heteroatoms. The molecule has 0 spiro atoms. The number of carboxylic acid groups (broad SMARTS) is 1. The van der Waals surface area contributed by atoms with Gasteiger partial charge in [0.15, 0.2) is 0 Å². The Balaban J connectivity index is 0.000000540. The molecule has 0 radical (unpaired) electrons. The fourth-order valence-corrected chi connectivity index (χ4v) is 3.69. The highest BCUT2D eigenvalue weighted by atomic mass is 32.2. The van der Waals surface area contributed by atoms with Gasteiger partial charge >= 0.3 is 12.1 Å². The number of aliphatic carboxylic acids is 1. The van der Waals surface area contributed by atoms with Gasteiger partial charge in [-0.25, -0.2) is 18.2 Å². The van der Waals surface area contributed by atoms with Crippen LogP contribution in [-0.4, -0.2) is 80.9 Å². The number of aromatic nitrogens is 1. The summed E-state index contributed by atoms with van der Waals surface area (Å²) in [5.74, 6) is -2.39. The maximum atomic E-state index is 13.2. The van der Waals surface area contributed by atoms with Crippen LogP contribution in [0.2, 0.25) is 0 Å². The zero-order valence-corrected chi connectivity index (χ0v) is 19.9. The number of amides is 1. The second-order valence-electron chi connectivity index (χ2n) is 7.66. The van der Waals surface area contributed by atoms with Crippen molar-refractivity contribution in [1.82, 2.24) is 15.2 Å². The van der Waals surface area contributed by atoms with Gasteiger partial charge in [0.05, 0.1) is 23.7 Å². The molecule has 0 bridgehead atoms. The molecule has 35 heavy (non-hydrogen) atoms. The summed E-state index contributed by atoms with van der Waals surface area (Å²) in [6.07, 6.45) is -2.56. The van der Waals surface area contributed by atoms with Crippen molar-refractivity contribution in [3.8, 4) is 0 Å². The number of alkyl halides is 3. The van der Waals surface area contributed by atoms with Gasteiger partial charge in [-0.1, -0.05) is 30.3 Å². The van der Waals surface area contributed by atoms with E-state index in [-0.39, 0.29) is 11.6 Å². The minimum atomic E-state index is -5.08. The first kappa shape index (κ1) is 27.9. The third kappa shape index (κ3) is 9.05. The van der Waals surface area contributed by atoms with Gasteiger partial charge in [-0.15, -0.1) is 0 Å². The van der Waals surface area contributed by atoms with E-state index in [4.69, 9.17) is 9.90 Å². The minimum Gasteiger partial charge on any atom is -0.475 e. The second kappa shape index (κ2) is 11.8. The number of nitrogens with zero attached hydrogens (tertiary/aromatic N) is 3. The van der Waals surface area contributed by atoms with E-state index in [1.165, 1.54) is 6.20 Å². The number of benzene rings is 1. The van der Waals surface area contributed by atoms with Gasteiger partial charge in [-0.05, 0) is 11.6 Å². The van der Waals surface area contributed by atoms with Crippen LogP contribution < -0.4 is 14.9 Å². The summed E-state index contributed by atoms with van der Waals surface area (Å²) in [4.78, 5) is 30.2. The van der Waals surface area contributed by atoms with Crippen molar-refractivity contribution in [1.29, 1.82) is 0 Å². The van der Waals surface area contributed by atoms with E-state index < -0.39 is 22.2 Å². The molecule has 1 fully saturated rings. The number of sulfonamides is 1. The van der Waals surface area contributed by atoms with E-state index in [2.05, 4.69) is 15.0 Å². The zero-order chi connectivity index (χ0) is 26.2. The van der Waals surface area contributed by atoms with Crippen molar-refractivity contribution in [2.24, 2.45) is 0 Å². The van der Waals surface area contributed by atoms with Crippen LogP contribution >= 0.6 is 0 Å². The molecule has 1 saturated heterocycles. The van der Waals surface area contributed by atoms with Crippen molar-refractivity contribution in [2.75, 3.05) is 49.1 Å². The Morgan fingerprint density at radius 1 is 1.20 bits per heavy atom. The summed E-state index contributed by atoms with van der Waals surface area (Å²) in [5.41, 5.74) is 1.67. The van der Waals surface area contributed by atoms with Gasteiger partial charge in [-0.3, -0.25) is 9.52 Å². The van der Waals surface area contributed by atoms with E-state index in [1.54, 1.807) is 18.0 Å². The third-order valence-corrected chi connectivity index (χ3v) is 5.28. The average molecular weight is 518 g/mol. The smallest absolute Gasteiger partial charge is 0.475 e. The lowest BCUT2D eigenvalue weighted by Gasteiger charge is -2.30. The normalized spacial score (nSPS) is 13.9. The number of halogens is 3. The van der Waals surface area contributed by atoms with Crippen molar-refractivity contribution < 1.29 is 36.3 Å². The Morgan fingerprint density at radius 3 is 2.29 bits per heavy atom. The number of hydrogen-bond donors (Lipinski definition) is 3. The monoisotopic (exact) mass is 517 g/mol. The molecule has 0 saturated carbocycles. The Hall–Kier alpha value is -3.39. The van der Waals surface area contributed by atoms with Crippen LogP contribution in [-0.2, 0) is 21.4 Å². The summed E-state index contributed by atoms with van der Waals surface area (Å²) < 4.78 is 57.3. The van der Waals surface area contributed by atoms with Crippen LogP contribution in [0.1, 0.15) is 15.9 Å². The molecule has 0 unspecified atom stereocenters. The van der Waals surface area contributed by atoms with Crippen LogP contribution in [0, 0.1) is 0 Å². The summed E-state index contributed by atoms with van der Waals surface area (Å²) in [7, 11) is -1.73. The summed E-state index contributed by atoms with van der Waals surface area (Å²) in [5, 5.41) is 10.4.